The van der Waals surface area contributed by atoms with Crippen LogP contribution in [-0.4, -0.2) is 10.2 Å². The van der Waals surface area contributed by atoms with Gasteiger partial charge in [0.1, 0.15) is 5.03 Å². The highest BCUT2D eigenvalue weighted by molar-refractivity contribution is 9.10. The van der Waals surface area contributed by atoms with Crippen molar-refractivity contribution in [3.8, 4) is 0 Å². The molecular weight excluding hydrogens is 258 g/mol. The normalized spacial score (nSPS) is 13.3. The number of aryl methyl sites for hydroxylation is 1. The molecule has 1 heterocycles. The number of hydrogen-bond acceptors (Lipinski definition) is 2. The van der Waals surface area contributed by atoms with E-state index in [9.17, 15) is 0 Å². The highest BCUT2D eigenvalue weighted by Gasteiger charge is 2.11. The largest absolute Gasteiger partial charge is 0.248 e. The van der Waals surface area contributed by atoms with Crippen molar-refractivity contribution in [1.29, 1.82) is 0 Å². The first-order chi connectivity index (χ1) is 6.50. The molecule has 0 saturated heterocycles. The Morgan fingerprint density at radius 3 is 2.50 bits per heavy atom. The summed E-state index contributed by atoms with van der Waals surface area (Å²) >= 11 is 5.37. The van der Waals surface area contributed by atoms with Crippen LogP contribution in [0, 0.1) is 12.8 Å². The van der Waals surface area contributed by atoms with Crippen LogP contribution in [0.2, 0.25) is 0 Å². The van der Waals surface area contributed by atoms with E-state index in [1.165, 1.54) is 5.56 Å². The van der Waals surface area contributed by atoms with Gasteiger partial charge in [-0.1, -0.05) is 20.8 Å². The average molecular weight is 274 g/mol. The highest BCUT2D eigenvalue weighted by atomic mass is 79.9. The van der Waals surface area contributed by atoms with Crippen LogP contribution in [-0.2, 0) is 0 Å². The molecule has 0 aromatic carbocycles. The smallest absolute Gasteiger partial charge is 0.110 e. The first-order valence-electron chi connectivity index (χ1n) is 4.79. The SMILES string of the molecule is Cc1cnc(SC(C)C(C)C)c(Br)c1. The van der Waals surface area contributed by atoms with Gasteiger partial charge in [-0.2, -0.15) is 0 Å². The number of thioether (sulfide) groups is 1. The molecule has 1 aromatic rings. The van der Waals surface area contributed by atoms with E-state index in [0.717, 1.165) is 9.50 Å². The van der Waals surface area contributed by atoms with Gasteiger partial charge in [0.05, 0.1) is 4.47 Å². The first-order valence-corrected chi connectivity index (χ1v) is 6.46. The molecule has 0 aliphatic carbocycles. The summed E-state index contributed by atoms with van der Waals surface area (Å²) in [7, 11) is 0. The molecule has 0 bridgehead atoms. The zero-order valence-corrected chi connectivity index (χ0v) is 11.4. The molecule has 0 radical (unpaired) electrons. The van der Waals surface area contributed by atoms with Gasteiger partial charge in [-0.3, -0.25) is 0 Å². The van der Waals surface area contributed by atoms with Crippen molar-refractivity contribution in [2.45, 2.75) is 38.0 Å². The standard InChI is InChI=1S/C11H16BrNS/c1-7(2)9(4)14-11-10(12)5-8(3)6-13-11/h5-7,9H,1-4H3. The molecule has 1 nitrogen and oxygen atoms in total. The van der Waals surface area contributed by atoms with Crippen molar-refractivity contribution in [1.82, 2.24) is 4.98 Å². The molecule has 1 rings (SSSR count). The monoisotopic (exact) mass is 273 g/mol. The van der Waals surface area contributed by atoms with Gasteiger partial charge in [-0.25, -0.2) is 4.98 Å². The fourth-order valence-electron chi connectivity index (χ4n) is 0.920. The van der Waals surface area contributed by atoms with E-state index in [4.69, 9.17) is 0 Å². The predicted molar refractivity (Wildman–Crippen MR) is 66.8 cm³/mol. The van der Waals surface area contributed by atoms with Gasteiger partial charge in [0.15, 0.2) is 0 Å². The summed E-state index contributed by atoms with van der Waals surface area (Å²) in [5, 5.41) is 1.69. The lowest BCUT2D eigenvalue weighted by Crippen LogP contribution is -2.05. The molecule has 0 aliphatic heterocycles. The molecule has 1 unspecified atom stereocenters. The molecule has 0 saturated carbocycles. The zero-order valence-electron chi connectivity index (χ0n) is 9.04. The summed E-state index contributed by atoms with van der Waals surface area (Å²) in [6.45, 7) is 8.76. The van der Waals surface area contributed by atoms with Crippen LogP contribution in [0.15, 0.2) is 21.8 Å². The van der Waals surface area contributed by atoms with Crippen molar-refractivity contribution in [3.63, 3.8) is 0 Å². The van der Waals surface area contributed by atoms with Gasteiger partial charge in [0.25, 0.3) is 0 Å². The Morgan fingerprint density at radius 1 is 1.36 bits per heavy atom. The first kappa shape index (κ1) is 12.1. The fraction of sp³-hybridized carbons (Fsp3) is 0.545. The van der Waals surface area contributed by atoms with E-state index < -0.39 is 0 Å². The number of aromatic nitrogens is 1. The second kappa shape index (κ2) is 5.17. The molecule has 3 heteroatoms. The minimum Gasteiger partial charge on any atom is -0.248 e. The van der Waals surface area contributed by atoms with E-state index in [-0.39, 0.29) is 0 Å². The van der Waals surface area contributed by atoms with Gasteiger partial charge in [0.2, 0.25) is 0 Å². The van der Waals surface area contributed by atoms with Crippen molar-refractivity contribution in [2.75, 3.05) is 0 Å². The maximum absolute atomic E-state index is 4.42. The second-order valence-corrected chi connectivity index (χ2v) is 6.09. The average Bonchev–Trinajstić information content (AvgIpc) is 2.09. The van der Waals surface area contributed by atoms with E-state index in [1.807, 2.05) is 18.0 Å². The van der Waals surface area contributed by atoms with Crippen molar-refractivity contribution < 1.29 is 0 Å². The predicted octanol–water partition coefficient (Wildman–Crippen LogP) is 4.29. The summed E-state index contributed by atoms with van der Waals surface area (Å²) in [5.41, 5.74) is 1.19. The number of nitrogens with zero attached hydrogens (tertiary/aromatic N) is 1. The summed E-state index contributed by atoms with van der Waals surface area (Å²) in [4.78, 5) is 4.42. The topological polar surface area (TPSA) is 12.9 Å². The third kappa shape index (κ3) is 3.28. The molecule has 1 aromatic heterocycles. The van der Waals surface area contributed by atoms with Gasteiger partial charge >= 0.3 is 0 Å². The lowest BCUT2D eigenvalue weighted by Gasteiger charge is -2.15. The zero-order chi connectivity index (χ0) is 10.7. The Labute approximate surface area is 98.8 Å². The number of pyridine rings is 1. The van der Waals surface area contributed by atoms with Crippen molar-refractivity contribution >= 4 is 27.7 Å². The third-order valence-corrected chi connectivity index (χ3v) is 4.51. The Kier molecular flexibility index (Phi) is 4.45. The van der Waals surface area contributed by atoms with E-state index in [2.05, 4.69) is 54.7 Å². The summed E-state index contributed by atoms with van der Waals surface area (Å²) in [6, 6.07) is 2.11. The molecule has 0 aliphatic rings. The van der Waals surface area contributed by atoms with Gasteiger partial charge < -0.3 is 0 Å². The van der Waals surface area contributed by atoms with Gasteiger partial charge in [-0.05, 0) is 40.4 Å². The quantitative estimate of drug-likeness (QED) is 0.763. The second-order valence-electron chi connectivity index (χ2n) is 3.87. The molecule has 1 atom stereocenters. The van der Waals surface area contributed by atoms with Gasteiger partial charge in [0, 0.05) is 11.4 Å². The van der Waals surface area contributed by atoms with Crippen LogP contribution >= 0.6 is 27.7 Å². The van der Waals surface area contributed by atoms with Crippen LogP contribution in [0.1, 0.15) is 26.3 Å². The summed E-state index contributed by atoms with van der Waals surface area (Å²) in [5.74, 6) is 0.676. The van der Waals surface area contributed by atoms with Crippen LogP contribution in [0.4, 0.5) is 0 Å². The van der Waals surface area contributed by atoms with E-state index in [1.54, 1.807) is 0 Å². The molecular formula is C11H16BrNS. The van der Waals surface area contributed by atoms with Gasteiger partial charge in [-0.15, -0.1) is 11.8 Å². The molecule has 78 valence electrons. The lowest BCUT2D eigenvalue weighted by atomic mass is 10.2. The molecule has 0 spiro atoms. The number of hydrogen-bond donors (Lipinski definition) is 0. The maximum Gasteiger partial charge on any atom is 0.110 e. The third-order valence-electron chi connectivity index (χ3n) is 2.18. The fourth-order valence-corrected chi connectivity index (χ4v) is 2.57. The number of halogens is 1. The van der Waals surface area contributed by atoms with Crippen LogP contribution < -0.4 is 0 Å². The molecule has 0 fully saturated rings. The molecule has 0 N–H and O–H groups in total. The summed E-state index contributed by atoms with van der Waals surface area (Å²) < 4.78 is 1.11. The Bertz CT molecular complexity index is 312. The molecule has 14 heavy (non-hydrogen) atoms. The van der Waals surface area contributed by atoms with Crippen LogP contribution in [0.25, 0.3) is 0 Å². The Morgan fingerprint density at radius 2 is 2.00 bits per heavy atom. The minimum absolute atomic E-state index is 0.599. The maximum atomic E-state index is 4.42. The van der Waals surface area contributed by atoms with Crippen molar-refractivity contribution in [2.24, 2.45) is 5.92 Å². The lowest BCUT2D eigenvalue weighted by molar-refractivity contribution is 0.641. The molecule has 0 amide bonds. The van der Waals surface area contributed by atoms with E-state index >= 15 is 0 Å². The van der Waals surface area contributed by atoms with E-state index in [0.29, 0.717) is 11.2 Å². The Balaban J connectivity index is 2.77. The minimum atomic E-state index is 0.599. The summed E-state index contributed by atoms with van der Waals surface area (Å²) in [6.07, 6.45) is 1.92. The van der Waals surface area contributed by atoms with Crippen LogP contribution in [0.3, 0.4) is 0 Å². The number of rotatable bonds is 3. The Hall–Kier alpha value is -0.0200. The van der Waals surface area contributed by atoms with Crippen LogP contribution in [0.5, 0.6) is 0 Å². The highest BCUT2D eigenvalue weighted by Crippen LogP contribution is 2.31. The van der Waals surface area contributed by atoms with Crippen molar-refractivity contribution in [3.05, 3.63) is 22.3 Å².